The lowest BCUT2D eigenvalue weighted by atomic mass is 9.87. The lowest BCUT2D eigenvalue weighted by molar-refractivity contribution is -0.145. The van der Waals surface area contributed by atoms with E-state index in [2.05, 4.69) is 23.6 Å². The molecule has 0 radical (unpaired) electrons. The third kappa shape index (κ3) is 9.68. The molecule has 3 heterocycles. The zero-order valence-electron chi connectivity index (χ0n) is 26.9. The van der Waals surface area contributed by atoms with Gasteiger partial charge < -0.3 is 40.4 Å². The monoisotopic (exact) mass is 635 g/mol. The van der Waals surface area contributed by atoms with Crippen molar-refractivity contribution in [2.24, 2.45) is 23.5 Å². The second kappa shape index (κ2) is 15.3. The van der Waals surface area contributed by atoms with Crippen molar-refractivity contribution in [2.45, 2.75) is 115 Å². The summed E-state index contributed by atoms with van der Waals surface area (Å²) in [4.78, 5) is 36.0. The number of hydrogen-bond acceptors (Lipinski definition) is 9. The molecule has 4 fully saturated rings. The van der Waals surface area contributed by atoms with Crippen LogP contribution in [0.3, 0.4) is 0 Å². The van der Waals surface area contributed by atoms with Crippen LogP contribution in [0.4, 0.5) is 4.39 Å². The van der Waals surface area contributed by atoms with Crippen molar-refractivity contribution >= 4 is 17.8 Å². The van der Waals surface area contributed by atoms with Crippen LogP contribution in [-0.4, -0.2) is 97.0 Å². The van der Waals surface area contributed by atoms with Gasteiger partial charge in [0.25, 0.3) is 0 Å². The van der Waals surface area contributed by atoms with Crippen molar-refractivity contribution in [1.82, 2.24) is 10.6 Å². The fourth-order valence-electron chi connectivity index (χ4n) is 6.38. The Hall–Kier alpha value is -2.64. The largest absolute Gasteiger partial charge is 0.459 e. The summed E-state index contributed by atoms with van der Waals surface area (Å²) in [5.41, 5.74) is 6.13. The van der Waals surface area contributed by atoms with E-state index in [0.717, 1.165) is 12.0 Å². The van der Waals surface area contributed by atoms with E-state index in [9.17, 15) is 23.9 Å². The first-order valence-corrected chi connectivity index (χ1v) is 16.0. The van der Waals surface area contributed by atoms with Crippen molar-refractivity contribution < 1.29 is 42.8 Å². The fraction of sp³-hybridized carbons (Fsp3) is 0.727. The number of rotatable bonds is 13. The Labute approximate surface area is 265 Å². The van der Waals surface area contributed by atoms with Crippen LogP contribution in [0.1, 0.15) is 60.3 Å². The van der Waals surface area contributed by atoms with E-state index in [0.29, 0.717) is 26.0 Å². The molecule has 45 heavy (non-hydrogen) atoms. The molecule has 0 aromatic heterocycles. The van der Waals surface area contributed by atoms with Gasteiger partial charge in [-0.2, -0.15) is 0 Å². The highest BCUT2D eigenvalue weighted by molar-refractivity contribution is 5.87. The van der Waals surface area contributed by atoms with E-state index in [1.165, 1.54) is 13.0 Å². The Morgan fingerprint density at radius 3 is 2.56 bits per heavy atom. The number of hydrogen-bond donors (Lipinski definition) is 4. The van der Waals surface area contributed by atoms with Gasteiger partial charge in [0.2, 0.25) is 11.8 Å². The fourth-order valence-corrected chi connectivity index (χ4v) is 6.38. The molecule has 4 aliphatic rings. The molecule has 1 aliphatic carbocycles. The highest BCUT2D eigenvalue weighted by atomic mass is 19.1. The molecule has 12 heteroatoms. The molecular formula is C33H50FN3O8. The van der Waals surface area contributed by atoms with Crippen LogP contribution in [0.25, 0.3) is 0 Å². The van der Waals surface area contributed by atoms with Crippen LogP contribution in [0, 0.1) is 17.8 Å². The maximum Gasteiger partial charge on any atom is 0.303 e. The molecule has 3 saturated heterocycles. The SMILES string of the molecule is CC(=O)O[C@@H](C)/C=C\C(=O)N[C@@H]1C[C@H](C)[C@H](C/C=C(C)/C=C/[C@H]2O[C@H](CC(=O)NCC3C(N)C3CF)C[C@@]3(CO3)[C@@H]2O)O[C@@H]1C. The molecule has 2 amide bonds. The number of carbonyl (C=O) groups is 3. The van der Waals surface area contributed by atoms with Gasteiger partial charge in [-0.15, -0.1) is 0 Å². The van der Waals surface area contributed by atoms with E-state index >= 15 is 0 Å². The molecule has 0 bridgehead atoms. The maximum absolute atomic E-state index is 12.9. The summed E-state index contributed by atoms with van der Waals surface area (Å²) in [6.45, 7) is 9.33. The summed E-state index contributed by atoms with van der Waals surface area (Å²) in [5.74, 6) is -0.862. The molecule has 12 atom stereocenters. The normalized spacial score (nSPS) is 38.7. The van der Waals surface area contributed by atoms with Crippen LogP contribution in [0.2, 0.25) is 0 Å². The van der Waals surface area contributed by atoms with Gasteiger partial charge in [0, 0.05) is 37.9 Å². The number of nitrogens with one attached hydrogen (secondary N) is 2. The number of nitrogens with two attached hydrogens (primary N) is 1. The van der Waals surface area contributed by atoms with Crippen LogP contribution in [0.5, 0.6) is 0 Å². The summed E-state index contributed by atoms with van der Waals surface area (Å²) in [7, 11) is 0. The Morgan fingerprint density at radius 1 is 1.18 bits per heavy atom. The number of esters is 1. The first kappa shape index (κ1) is 35.2. The molecular weight excluding hydrogens is 585 g/mol. The first-order chi connectivity index (χ1) is 21.3. The molecule has 0 aromatic carbocycles. The zero-order valence-corrected chi connectivity index (χ0v) is 26.9. The van der Waals surface area contributed by atoms with E-state index in [1.807, 2.05) is 26.0 Å². The molecule has 3 unspecified atom stereocenters. The Kier molecular flexibility index (Phi) is 12.0. The number of carbonyl (C=O) groups excluding carboxylic acids is 3. The van der Waals surface area contributed by atoms with Gasteiger partial charge in [0.05, 0.1) is 44.1 Å². The summed E-state index contributed by atoms with van der Waals surface area (Å²) in [5, 5.41) is 16.8. The third-order valence-corrected chi connectivity index (χ3v) is 9.45. The second-order valence-corrected chi connectivity index (χ2v) is 13.2. The quantitative estimate of drug-likeness (QED) is 0.103. The highest BCUT2D eigenvalue weighted by Crippen LogP contribution is 2.43. The highest BCUT2D eigenvalue weighted by Gasteiger charge is 2.58. The number of aliphatic hydroxyl groups excluding tert-OH is 1. The summed E-state index contributed by atoms with van der Waals surface area (Å²) >= 11 is 0. The summed E-state index contributed by atoms with van der Waals surface area (Å²) in [6.07, 6.45) is 8.14. The number of epoxide rings is 1. The number of aliphatic hydroxyl groups is 1. The minimum absolute atomic E-state index is 0.0241. The molecule has 5 N–H and O–H groups in total. The van der Waals surface area contributed by atoms with Gasteiger partial charge in [-0.1, -0.05) is 30.7 Å². The average Bonchev–Trinajstić information content (AvgIpc) is 3.88. The van der Waals surface area contributed by atoms with Gasteiger partial charge in [-0.05, 0) is 51.5 Å². The second-order valence-electron chi connectivity index (χ2n) is 13.2. The molecule has 1 saturated carbocycles. The summed E-state index contributed by atoms with van der Waals surface area (Å²) in [6, 6.07) is -0.345. The molecule has 4 rings (SSSR count). The first-order valence-electron chi connectivity index (χ1n) is 16.0. The smallest absolute Gasteiger partial charge is 0.303 e. The van der Waals surface area contributed by atoms with Crippen LogP contribution in [-0.2, 0) is 33.3 Å². The molecule has 3 aliphatic heterocycles. The minimum atomic E-state index is -0.843. The minimum Gasteiger partial charge on any atom is -0.459 e. The van der Waals surface area contributed by atoms with Gasteiger partial charge in [-0.25, -0.2) is 0 Å². The van der Waals surface area contributed by atoms with Crippen LogP contribution >= 0.6 is 0 Å². The van der Waals surface area contributed by atoms with Crippen molar-refractivity contribution in [3.8, 4) is 0 Å². The molecule has 1 spiro atoms. The van der Waals surface area contributed by atoms with Crippen molar-refractivity contribution in [2.75, 3.05) is 19.8 Å². The predicted octanol–water partition coefficient (Wildman–Crippen LogP) is 2.02. The van der Waals surface area contributed by atoms with E-state index < -0.39 is 42.7 Å². The Bertz CT molecular complexity index is 1160. The predicted molar refractivity (Wildman–Crippen MR) is 164 cm³/mol. The van der Waals surface area contributed by atoms with E-state index in [4.69, 9.17) is 24.7 Å². The number of alkyl halides is 1. The van der Waals surface area contributed by atoms with E-state index in [1.54, 1.807) is 13.0 Å². The van der Waals surface area contributed by atoms with Crippen LogP contribution < -0.4 is 16.4 Å². The molecule has 0 aromatic rings. The van der Waals surface area contributed by atoms with Gasteiger partial charge in [-0.3, -0.25) is 18.8 Å². The zero-order chi connectivity index (χ0) is 32.9. The lowest BCUT2D eigenvalue weighted by Crippen LogP contribution is -2.51. The molecule has 252 valence electrons. The van der Waals surface area contributed by atoms with Crippen molar-refractivity contribution in [3.05, 3.63) is 36.0 Å². The van der Waals surface area contributed by atoms with Crippen molar-refractivity contribution in [1.29, 1.82) is 0 Å². The van der Waals surface area contributed by atoms with Crippen LogP contribution in [0.15, 0.2) is 36.0 Å². The Morgan fingerprint density at radius 2 is 1.91 bits per heavy atom. The average molecular weight is 636 g/mol. The Balaban J connectivity index is 1.24. The van der Waals surface area contributed by atoms with Gasteiger partial charge >= 0.3 is 5.97 Å². The van der Waals surface area contributed by atoms with E-state index in [-0.39, 0.29) is 60.3 Å². The summed E-state index contributed by atoms with van der Waals surface area (Å²) < 4.78 is 35.9. The number of amides is 2. The van der Waals surface area contributed by atoms with Gasteiger partial charge in [0.1, 0.15) is 23.9 Å². The van der Waals surface area contributed by atoms with Crippen molar-refractivity contribution in [3.63, 3.8) is 0 Å². The number of halogens is 1. The third-order valence-electron chi connectivity index (χ3n) is 9.45. The lowest BCUT2D eigenvalue weighted by Gasteiger charge is -2.39. The topological polar surface area (TPSA) is 162 Å². The molecule has 11 nitrogen and oxygen atoms in total. The maximum atomic E-state index is 12.9. The number of allylic oxidation sites excluding steroid dienone is 2. The standard InChI is InChI=1S/C33H50FN3O8/c1-18(6-9-27-19(2)12-26(21(4)44-27)37-29(39)11-8-20(3)43-22(5)38)7-10-28-32(41)33(17-42-33)14-23(45-28)13-30(40)36-16-25-24(15-34)31(25)35/h6-8,10-11,19-21,23-28,31-32,41H,9,12-17,35H2,1-5H3,(H,36,40)(H,37,39)/b10-7+,11-8-,18-6+/t19-,20-,21+,23+,24?,25?,26+,27-,28+,31?,32+,33+/m0/s1. The van der Waals surface area contributed by atoms with Gasteiger partial charge in [0.15, 0.2) is 0 Å². The number of ether oxygens (including phenoxy) is 4.